The maximum Gasteiger partial charge on any atom is 0.146 e. The molecule has 0 spiro atoms. The molecule has 1 aromatic carbocycles. The van der Waals surface area contributed by atoms with Crippen molar-refractivity contribution >= 4 is 27.6 Å². The number of halogens is 1. The van der Waals surface area contributed by atoms with Gasteiger partial charge in [-0.3, -0.25) is 0 Å². The lowest BCUT2D eigenvalue weighted by Crippen LogP contribution is -2.19. The number of rotatable bonds is 4. The topological polar surface area (TPSA) is 63.8 Å². The quantitative estimate of drug-likeness (QED) is 0.911. The van der Waals surface area contributed by atoms with Crippen LogP contribution in [0.3, 0.4) is 0 Å². The summed E-state index contributed by atoms with van der Waals surface area (Å²) in [7, 11) is 0. The Morgan fingerprint density at radius 2 is 2.00 bits per heavy atom. The van der Waals surface area contributed by atoms with E-state index >= 15 is 0 Å². The molecular formula is C13H15BrN4. The van der Waals surface area contributed by atoms with Gasteiger partial charge in [-0.1, -0.05) is 30.3 Å². The summed E-state index contributed by atoms with van der Waals surface area (Å²) in [5, 5.41) is 3.32. The molecule has 0 aliphatic rings. The first kappa shape index (κ1) is 12.8. The molecule has 1 heterocycles. The summed E-state index contributed by atoms with van der Waals surface area (Å²) >= 11 is 3.38. The Morgan fingerprint density at radius 1 is 1.28 bits per heavy atom. The van der Waals surface area contributed by atoms with Crippen LogP contribution in [0.15, 0.2) is 41.1 Å². The van der Waals surface area contributed by atoms with Gasteiger partial charge < -0.3 is 11.1 Å². The Hall–Kier alpha value is -1.62. The van der Waals surface area contributed by atoms with Crippen molar-refractivity contribution in [3.63, 3.8) is 0 Å². The minimum atomic E-state index is 0.262. The van der Waals surface area contributed by atoms with Crippen LogP contribution in [0, 0.1) is 0 Å². The lowest BCUT2D eigenvalue weighted by Gasteiger charge is -2.15. The zero-order chi connectivity index (χ0) is 13.0. The van der Waals surface area contributed by atoms with E-state index in [0.29, 0.717) is 10.3 Å². The summed E-state index contributed by atoms with van der Waals surface area (Å²) < 4.78 is 0.713. The van der Waals surface area contributed by atoms with Crippen molar-refractivity contribution in [1.82, 2.24) is 9.97 Å². The van der Waals surface area contributed by atoms with Gasteiger partial charge in [-0.25, -0.2) is 9.97 Å². The van der Waals surface area contributed by atoms with Crippen molar-refractivity contribution in [1.29, 1.82) is 0 Å². The predicted molar refractivity (Wildman–Crippen MR) is 77.4 cm³/mol. The van der Waals surface area contributed by atoms with Crippen LogP contribution in [0.5, 0.6) is 0 Å². The van der Waals surface area contributed by atoms with E-state index in [9.17, 15) is 0 Å². The molecule has 1 atom stereocenters. The van der Waals surface area contributed by atoms with Crippen molar-refractivity contribution in [2.75, 3.05) is 11.1 Å². The van der Waals surface area contributed by atoms with Crippen LogP contribution in [-0.2, 0) is 6.42 Å². The summed E-state index contributed by atoms with van der Waals surface area (Å²) in [6, 6.07) is 10.6. The second-order valence-electron chi connectivity index (χ2n) is 4.16. The molecule has 0 amide bonds. The van der Waals surface area contributed by atoms with Gasteiger partial charge in [0.05, 0.1) is 0 Å². The third-order valence-electron chi connectivity index (χ3n) is 2.58. The molecule has 0 aliphatic carbocycles. The maximum absolute atomic E-state index is 5.71. The standard InChI is InChI=1S/C13H15BrN4/c1-9(7-10-5-3-2-4-6-10)18-13-11(14)12(15)16-8-17-13/h2-6,8-9H,7H2,1H3,(H3,15,16,17,18). The number of hydrogen-bond acceptors (Lipinski definition) is 4. The third-order valence-corrected chi connectivity index (χ3v) is 3.37. The molecule has 2 rings (SSSR count). The molecule has 18 heavy (non-hydrogen) atoms. The van der Waals surface area contributed by atoms with Crippen molar-refractivity contribution in [2.45, 2.75) is 19.4 Å². The number of aromatic nitrogens is 2. The van der Waals surface area contributed by atoms with Crippen molar-refractivity contribution in [3.8, 4) is 0 Å². The van der Waals surface area contributed by atoms with E-state index in [2.05, 4.69) is 50.3 Å². The number of nitrogens with two attached hydrogens (primary N) is 1. The molecule has 2 aromatic rings. The van der Waals surface area contributed by atoms with Crippen molar-refractivity contribution < 1.29 is 0 Å². The van der Waals surface area contributed by atoms with Crippen LogP contribution < -0.4 is 11.1 Å². The van der Waals surface area contributed by atoms with Gasteiger partial charge in [-0.15, -0.1) is 0 Å². The molecule has 5 heteroatoms. The first-order valence-corrected chi connectivity index (χ1v) is 6.52. The highest BCUT2D eigenvalue weighted by molar-refractivity contribution is 9.10. The van der Waals surface area contributed by atoms with Gasteiger partial charge >= 0.3 is 0 Å². The highest BCUT2D eigenvalue weighted by Gasteiger charge is 2.09. The SMILES string of the molecule is CC(Cc1ccccc1)Nc1ncnc(N)c1Br. The number of anilines is 2. The van der Waals surface area contributed by atoms with Gasteiger partial charge in [0, 0.05) is 6.04 Å². The molecule has 94 valence electrons. The van der Waals surface area contributed by atoms with Gasteiger partial charge in [0.25, 0.3) is 0 Å². The fourth-order valence-electron chi connectivity index (χ4n) is 1.74. The number of nitrogens with zero attached hydrogens (tertiary/aromatic N) is 2. The van der Waals surface area contributed by atoms with Crippen LogP contribution in [0.4, 0.5) is 11.6 Å². The number of nitrogen functional groups attached to an aromatic ring is 1. The first-order valence-electron chi connectivity index (χ1n) is 5.73. The molecule has 4 nitrogen and oxygen atoms in total. The minimum absolute atomic E-state index is 0.262. The summed E-state index contributed by atoms with van der Waals surface area (Å²) in [6.07, 6.45) is 2.38. The van der Waals surface area contributed by atoms with E-state index in [1.165, 1.54) is 11.9 Å². The maximum atomic E-state index is 5.71. The molecule has 3 N–H and O–H groups in total. The fourth-order valence-corrected chi connectivity index (χ4v) is 2.06. The average Bonchev–Trinajstić information content (AvgIpc) is 2.36. The summed E-state index contributed by atoms with van der Waals surface area (Å²) in [6.45, 7) is 2.11. The molecule has 0 saturated heterocycles. The Balaban J connectivity index is 2.03. The molecule has 0 saturated carbocycles. The third kappa shape index (κ3) is 3.20. The number of nitrogens with one attached hydrogen (secondary N) is 1. The van der Waals surface area contributed by atoms with Crippen LogP contribution in [0.2, 0.25) is 0 Å². The van der Waals surface area contributed by atoms with Crippen LogP contribution in [0.1, 0.15) is 12.5 Å². The predicted octanol–water partition coefficient (Wildman–Crippen LogP) is 2.86. The van der Waals surface area contributed by atoms with E-state index in [0.717, 1.165) is 12.2 Å². The highest BCUT2D eigenvalue weighted by Crippen LogP contribution is 2.24. The molecular weight excluding hydrogens is 292 g/mol. The largest absolute Gasteiger partial charge is 0.383 e. The normalized spacial score (nSPS) is 12.1. The van der Waals surface area contributed by atoms with Crippen molar-refractivity contribution in [2.24, 2.45) is 0 Å². The van der Waals surface area contributed by atoms with Crippen LogP contribution in [0.25, 0.3) is 0 Å². The second-order valence-corrected chi connectivity index (χ2v) is 4.95. The highest BCUT2D eigenvalue weighted by atomic mass is 79.9. The molecule has 1 aromatic heterocycles. The number of hydrogen-bond donors (Lipinski definition) is 2. The van der Waals surface area contributed by atoms with E-state index < -0.39 is 0 Å². The van der Waals surface area contributed by atoms with E-state index in [1.54, 1.807) is 0 Å². The molecule has 1 unspecified atom stereocenters. The average molecular weight is 307 g/mol. The van der Waals surface area contributed by atoms with Gasteiger partial charge in [-0.05, 0) is 34.8 Å². The van der Waals surface area contributed by atoms with E-state index in [-0.39, 0.29) is 6.04 Å². The first-order chi connectivity index (χ1) is 8.66. The molecule has 0 radical (unpaired) electrons. The number of benzene rings is 1. The molecule has 0 fully saturated rings. The minimum Gasteiger partial charge on any atom is -0.383 e. The second kappa shape index (κ2) is 5.82. The zero-order valence-electron chi connectivity index (χ0n) is 10.1. The lowest BCUT2D eigenvalue weighted by atomic mass is 10.1. The summed E-state index contributed by atoms with van der Waals surface area (Å²) in [5.41, 5.74) is 7.00. The Bertz CT molecular complexity index is 516. The van der Waals surface area contributed by atoms with Gasteiger partial charge in [0.1, 0.15) is 22.4 Å². The van der Waals surface area contributed by atoms with Crippen molar-refractivity contribution in [3.05, 3.63) is 46.7 Å². The van der Waals surface area contributed by atoms with E-state index in [1.807, 2.05) is 18.2 Å². The van der Waals surface area contributed by atoms with Crippen LogP contribution in [-0.4, -0.2) is 16.0 Å². The zero-order valence-corrected chi connectivity index (χ0v) is 11.7. The Labute approximate surface area is 115 Å². The van der Waals surface area contributed by atoms with Gasteiger partial charge in [0.15, 0.2) is 0 Å². The summed E-state index contributed by atoms with van der Waals surface area (Å²) in [5.74, 6) is 1.17. The Kier molecular flexibility index (Phi) is 4.15. The van der Waals surface area contributed by atoms with Gasteiger partial charge in [0.2, 0.25) is 0 Å². The Morgan fingerprint density at radius 3 is 2.72 bits per heavy atom. The molecule has 0 bridgehead atoms. The summed E-state index contributed by atoms with van der Waals surface area (Å²) in [4.78, 5) is 8.08. The van der Waals surface area contributed by atoms with E-state index in [4.69, 9.17) is 5.73 Å². The van der Waals surface area contributed by atoms with Gasteiger partial charge in [-0.2, -0.15) is 0 Å². The smallest absolute Gasteiger partial charge is 0.146 e. The monoisotopic (exact) mass is 306 g/mol. The molecule has 0 aliphatic heterocycles. The van der Waals surface area contributed by atoms with Crippen LogP contribution >= 0.6 is 15.9 Å². The lowest BCUT2D eigenvalue weighted by molar-refractivity contribution is 0.783. The fraction of sp³-hybridized carbons (Fsp3) is 0.231.